The van der Waals surface area contributed by atoms with Crippen molar-refractivity contribution in [2.75, 3.05) is 7.11 Å². The molecule has 3 aromatic rings. The van der Waals surface area contributed by atoms with E-state index < -0.39 is 5.97 Å². The standard InChI is InChI=1S/C20H15ClO5/c1-12(22)13-7-8-17(19(11-13)24-2)26-20(23)18-10-9-16(25-18)14-5-3-4-6-15(14)21/h3-11H,1-2H3. The molecule has 5 nitrogen and oxygen atoms in total. The molecule has 0 N–H and O–H groups in total. The van der Waals surface area contributed by atoms with E-state index in [9.17, 15) is 9.59 Å². The van der Waals surface area contributed by atoms with E-state index in [-0.39, 0.29) is 23.0 Å². The molecule has 132 valence electrons. The van der Waals surface area contributed by atoms with Crippen molar-refractivity contribution < 1.29 is 23.5 Å². The fraction of sp³-hybridized carbons (Fsp3) is 0.100. The van der Waals surface area contributed by atoms with E-state index in [1.54, 1.807) is 30.3 Å². The molecule has 0 saturated heterocycles. The van der Waals surface area contributed by atoms with Crippen molar-refractivity contribution in [3.8, 4) is 22.8 Å². The number of halogens is 1. The Labute approximate surface area is 155 Å². The Kier molecular flexibility index (Phi) is 5.09. The maximum Gasteiger partial charge on any atom is 0.379 e. The van der Waals surface area contributed by atoms with Gasteiger partial charge in [-0.25, -0.2) is 4.79 Å². The summed E-state index contributed by atoms with van der Waals surface area (Å²) in [4.78, 5) is 23.8. The van der Waals surface area contributed by atoms with Crippen LogP contribution in [0.5, 0.6) is 11.5 Å². The van der Waals surface area contributed by atoms with Crippen LogP contribution in [0.1, 0.15) is 27.8 Å². The Bertz CT molecular complexity index is 974. The molecule has 0 aliphatic carbocycles. The third kappa shape index (κ3) is 3.63. The van der Waals surface area contributed by atoms with Crippen LogP contribution in [0.15, 0.2) is 59.0 Å². The summed E-state index contributed by atoms with van der Waals surface area (Å²) in [5.74, 6) is 0.162. The number of furan rings is 1. The Hall–Kier alpha value is -3.05. The van der Waals surface area contributed by atoms with Crippen LogP contribution in [0.25, 0.3) is 11.3 Å². The topological polar surface area (TPSA) is 65.7 Å². The van der Waals surface area contributed by atoms with Gasteiger partial charge in [0.05, 0.1) is 12.1 Å². The molecule has 1 aromatic heterocycles. The number of hydrogen-bond donors (Lipinski definition) is 0. The van der Waals surface area contributed by atoms with Gasteiger partial charge in [0.25, 0.3) is 0 Å². The third-order valence-corrected chi connectivity index (χ3v) is 4.05. The Morgan fingerprint density at radius 1 is 1.00 bits per heavy atom. The third-order valence-electron chi connectivity index (χ3n) is 3.72. The van der Waals surface area contributed by atoms with Crippen molar-refractivity contribution in [2.24, 2.45) is 0 Å². The highest BCUT2D eigenvalue weighted by Gasteiger charge is 2.18. The Morgan fingerprint density at radius 3 is 2.46 bits per heavy atom. The number of ketones is 1. The van der Waals surface area contributed by atoms with Crippen molar-refractivity contribution in [3.05, 3.63) is 70.9 Å². The smallest absolute Gasteiger partial charge is 0.379 e. The fourth-order valence-corrected chi connectivity index (χ4v) is 2.60. The molecular weight excluding hydrogens is 356 g/mol. The van der Waals surface area contributed by atoms with Crippen molar-refractivity contribution >= 4 is 23.4 Å². The van der Waals surface area contributed by atoms with Crippen molar-refractivity contribution in [3.63, 3.8) is 0 Å². The minimum absolute atomic E-state index is 0.0256. The van der Waals surface area contributed by atoms with Gasteiger partial charge < -0.3 is 13.9 Å². The zero-order valence-electron chi connectivity index (χ0n) is 14.1. The van der Waals surface area contributed by atoms with Gasteiger partial charge >= 0.3 is 5.97 Å². The average Bonchev–Trinajstić information content (AvgIpc) is 3.12. The number of Topliss-reactive ketones (excluding diaryl/α,β-unsaturated/α-hetero) is 1. The van der Waals surface area contributed by atoms with Gasteiger partial charge in [0.1, 0.15) is 5.76 Å². The Balaban J connectivity index is 1.83. The van der Waals surface area contributed by atoms with E-state index in [4.69, 9.17) is 25.5 Å². The molecule has 0 aliphatic heterocycles. The van der Waals surface area contributed by atoms with E-state index in [0.717, 1.165) is 0 Å². The van der Waals surface area contributed by atoms with Crippen LogP contribution in [0.4, 0.5) is 0 Å². The minimum atomic E-state index is -0.683. The van der Waals surface area contributed by atoms with Crippen LogP contribution in [-0.2, 0) is 0 Å². The lowest BCUT2D eigenvalue weighted by Crippen LogP contribution is -2.08. The normalized spacial score (nSPS) is 10.4. The molecule has 0 unspecified atom stereocenters. The molecule has 6 heteroatoms. The first kappa shape index (κ1) is 17.8. The number of benzene rings is 2. The first-order valence-electron chi connectivity index (χ1n) is 7.75. The van der Waals surface area contributed by atoms with Gasteiger partial charge in [0.15, 0.2) is 17.3 Å². The lowest BCUT2D eigenvalue weighted by Gasteiger charge is -2.09. The molecule has 3 rings (SSSR count). The van der Waals surface area contributed by atoms with Crippen LogP contribution < -0.4 is 9.47 Å². The monoisotopic (exact) mass is 370 g/mol. The van der Waals surface area contributed by atoms with E-state index in [0.29, 0.717) is 21.9 Å². The predicted molar refractivity (Wildman–Crippen MR) is 97.1 cm³/mol. The van der Waals surface area contributed by atoms with Crippen molar-refractivity contribution in [1.29, 1.82) is 0 Å². The molecule has 0 atom stereocenters. The predicted octanol–water partition coefficient (Wildman–Crippen LogP) is 5.03. The van der Waals surface area contributed by atoms with Gasteiger partial charge in [0, 0.05) is 11.1 Å². The highest BCUT2D eigenvalue weighted by molar-refractivity contribution is 6.33. The summed E-state index contributed by atoms with van der Waals surface area (Å²) in [5, 5.41) is 0.517. The number of methoxy groups -OCH3 is 1. The van der Waals surface area contributed by atoms with Crippen molar-refractivity contribution in [2.45, 2.75) is 6.92 Å². The second kappa shape index (κ2) is 7.45. The SMILES string of the molecule is COc1cc(C(C)=O)ccc1OC(=O)c1ccc(-c2ccccc2Cl)o1. The molecule has 26 heavy (non-hydrogen) atoms. The van der Waals surface area contributed by atoms with E-state index >= 15 is 0 Å². The van der Waals surface area contributed by atoms with Crippen LogP contribution in [0.2, 0.25) is 5.02 Å². The molecule has 2 aromatic carbocycles. The molecular formula is C20H15ClO5. The number of carbonyl (C=O) groups is 2. The molecule has 0 bridgehead atoms. The summed E-state index contributed by atoms with van der Waals surface area (Å²) >= 11 is 6.14. The summed E-state index contributed by atoms with van der Waals surface area (Å²) in [6.45, 7) is 1.44. The van der Waals surface area contributed by atoms with Gasteiger partial charge in [-0.15, -0.1) is 0 Å². The highest BCUT2D eigenvalue weighted by Crippen LogP contribution is 2.31. The molecule has 0 saturated carbocycles. The van der Waals surface area contributed by atoms with Crippen LogP contribution in [0.3, 0.4) is 0 Å². The molecule has 0 amide bonds. The average molecular weight is 371 g/mol. The molecule has 0 spiro atoms. The van der Waals surface area contributed by atoms with Gasteiger partial charge in [-0.2, -0.15) is 0 Å². The number of ether oxygens (including phenoxy) is 2. The first-order chi connectivity index (χ1) is 12.5. The molecule has 0 radical (unpaired) electrons. The number of esters is 1. The largest absolute Gasteiger partial charge is 0.493 e. The maximum atomic E-state index is 12.4. The summed E-state index contributed by atoms with van der Waals surface area (Å²) in [5.41, 5.74) is 1.14. The van der Waals surface area contributed by atoms with Gasteiger partial charge in [-0.1, -0.05) is 23.7 Å². The molecule has 1 heterocycles. The summed E-state index contributed by atoms with van der Waals surface area (Å²) in [7, 11) is 1.43. The number of hydrogen-bond acceptors (Lipinski definition) is 5. The fourth-order valence-electron chi connectivity index (χ4n) is 2.37. The quantitative estimate of drug-likeness (QED) is 0.358. The zero-order valence-corrected chi connectivity index (χ0v) is 14.9. The highest BCUT2D eigenvalue weighted by atomic mass is 35.5. The zero-order chi connectivity index (χ0) is 18.7. The van der Waals surface area contributed by atoms with Gasteiger partial charge in [-0.05, 0) is 49.4 Å². The van der Waals surface area contributed by atoms with Gasteiger partial charge in [0.2, 0.25) is 5.76 Å². The van der Waals surface area contributed by atoms with Crippen LogP contribution in [-0.4, -0.2) is 18.9 Å². The summed E-state index contributed by atoms with van der Waals surface area (Å²) < 4.78 is 16.1. The van der Waals surface area contributed by atoms with Crippen LogP contribution >= 0.6 is 11.6 Å². The van der Waals surface area contributed by atoms with Gasteiger partial charge in [-0.3, -0.25) is 4.79 Å². The summed E-state index contributed by atoms with van der Waals surface area (Å²) in [6.07, 6.45) is 0. The minimum Gasteiger partial charge on any atom is -0.493 e. The molecule has 0 aliphatic rings. The first-order valence-corrected chi connectivity index (χ1v) is 8.13. The van der Waals surface area contributed by atoms with E-state index in [1.807, 2.05) is 6.07 Å². The second-order valence-corrected chi connectivity index (χ2v) is 5.86. The molecule has 0 fully saturated rings. The number of carbonyl (C=O) groups excluding carboxylic acids is 2. The Morgan fingerprint density at radius 2 is 1.77 bits per heavy atom. The van der Waals surface area contributed by atoms with Crippen LogP contribution in [0, 0.1) is 0 Å². The number of rotatable bonds is 5. The second-order valence-electron chi connectivity index (χ2n) is 5.46. The summed E-state index contributed by atoms with van der Waals surface area (Å²) in [6, 6.07) is 14.9. The van der Waals surface area contributed by atoms with E-state index in [2.05, 4.69) is 0 Å². The lowest BCUT2D eigenvalue weighted by molar-refractivity contribution is 0.0697. The lowest BCUT2D eigenvalue weighted by atomic mass is 10.1. The van der Waals surface area contributed by atoms with E-state index in [1.165, 1.54) is 32.2 Å². The van der Waals surface area contributed by atoms with Crippen molar-refractivity contribution in [1.82, 2.24) is 0 Å². The maximum absolute atomic E-state index is 12.4.